The normalized spacial score (nSPS) is 57.3. The van der Waals surface area contributed by atoms with Crippen molar-refractivity contribution in [2.45, 2.75) is 45.1 Å². The Hall–Kier alpha value is -0.340. The van der Waals surface area contributed by atoms with Crippen molar-refractivity contribution in [2.75, 3.05) is 6.61 Å². The van der Waals surface area contributed by atoms with E-state index in [1.807, 2.05) is 6.92 Å². The molecule has 2 heteroatoms. The van der Waals surface area contributed by atoms with Crippen LogP contribution in [0.1, 0.15) is 39.5 Å². The quantitative estimate of drug-likeness (QED) is 0.686. The Morgan fingerprint density at radius 2 is 2.00 bits per heavy atom. The lowest BCUT2D eigenvalue weighted by molar-refractivity contribution is -0.00444. The zero-order valence-electron chi connectivity index (χ0n) is 10.9. The Balaban J connectivity index is 1.97. The van der Waals surface area contributed by atoms with E-state index in [0.29, 0.717) is 23.7 Å². The Morgan fingerprint density at radius 3 is 2.65 bits per heavy atom. The third-order valence-corrected chi connectivity index (χ3v) is 6.07. The van der Waals surface area contributed by atoms with Crippen molar-refractivity contribution in [1.29, 1.82) is 0 Å². The van der Waals surface area contributed by atoms with Crippen molar-refractivity contribution in [3.63, 3.8) is 0 Å². The van der Waals surface area contributed by atoms with Gasteiger partial charge in [-0.3, -0.25) is 0 Å². The number of fused-ring (bicyclic) bond motifs is 3. The fourth-order valence-electron chi connectivity index (χ4n) is 4.94. The highest BCUT2D eigenvalue weighted by Gasteiger charge is 2.69. The molecule has 3 rings (SSSR count). The number of aliphatic hydroxyl groups excluding tert-OH is 1. The Kier molecular flexibility index (Phi) is 2.32. The van der Waals surface area contributed by atoms with Gasteiger partial charge in [0.25, 0.3) is 0 Å². The summed E-state index contributed by atoms with van der Waals surface area (Å²) >= 11 is 0. The maximum absolute atomic E-state index is 10.6. The highest BCUT2D eigenvalue weighted by atomic mass is 16.3. The fraction of sp³-hybridized carbons (Fsp3) is 0.867. The molecule has 17 heavy (non-hydrogen) atoms. The molecule has 0 aromatic carbocycles. The summed E-state index contributed by atoms with van der Waals surface area (Å²) < 4.78 is 0. The molecule has 0 aromatic heterocycles. The molecule has 0 radical (unpaired) electrons. The van der Waals surface area contributed by atoms with Crippen LogP contribution in [0.2, 0.25) is 0 Å². The monoisotopic (exact) mass is 236 g/mol. The second kappa shape index (κ2) is 3.36. The summed E-state index contributed by atoms with van der Waals surface area (Å²) in [6.07, 6.45) is 4.23. The average molecular weight is 236 g/mol. The summed E-state index contributed by atoms with van der Waals surface area (Å²) in [6, 6.07) is 0. The van der Waals surface area contributed by atoms with E-state index in [2.05, 4.69) is 13.5 Å². The van der Waals surface area contributed by atoms with E-state index < -0.39 is 5.60 Å². The summed E-state index contributed by atoms with van der Waals surface area (Å²) in [5, 5.41) is 20.3. The first-order valence-corrected chi connectivity index (χ1v) is 6.93. The molecule has 0 saturated heterocycles. The molecule has 3 fully saturated rings. The lowest BCUT2D eigenvalue weighted by Gasteiger charge is -2.31. The molecule has 6 atom stereocenters. The Bertz CT molecular complexity index is 360. The van der Waals surface area contributed by atoms with Crippen molar-refractivity contribution < 1.29 is 10.2 Å². The molecular weight excluding hydrogens is 212 g/mol. The number of hydrogen-bond acceptors (Lipinski definition) is 2. The second-order valence-electron chi connectivity index (χ2n) is 7.02. The van der Waals surface area contributed by atoms with Gasteiger partial charge in [-0.15, -0.1) is 0 Å². The van der Waals surface area contributed by atoms with Crippen LogP contribution in [0.3, 0.4) is 0 Å². The summed E-state index contributed by atoms with van der Waals surface area (Å²) in [5.74, 6) is 1.94. The molecule has 0 bridgehead atoms. The van der Waals surface area contributed by atoms with Gasteiger partial charge >= 0.3 is 0 Å². The van der Waals surface area contributed by atoms with Crippen LogP contribution in [0.4, 0.5) is 0 Å². The molecule has 0 aliphatic heterocycles. The molecule has 2 nitrogen and oxygen atoms in total. The maximum atomic E-state index is 10.6. The van der Waals surface area contributed by atoms with Crippen LogP contribution in [-0.2, 0) is 0 Å². The van der Waals surface area contributed by atoms with Crippen LogP contribution >= 0.6 is 0 Å². The molecule has 0 aromatic rings. The van der Waals surface area contributed by atoms with Gasteiger partial charge in [0.2, 0.25) is 0 Å². The first-order valence-electron chi connectivity index (χ1n) is 6.93. The van der Waals surface area contributed by atoms with Crippen LogP contribution in [0.15, 0.2) is 12.2 Å². The van der Waals surface area contributed by atoms with Crippen LogP contribution < -0.4 is 0 Å². The molecular formula is C15H24O2. The molecule has 96 valence electrons. The van der Waals surface area contributed by atoms with E-state index in [1.165, 1.54) is 5.57 Å². The van der Waals surface area contributed by atoms with Gasteiger partial charge < -0.3 is 10.2 Å². The van der Waals surface area contributed by atoms with Crippen molar-refractivity contribution in [2.24, 2.45) is 29.1 Å². The summed E-state index contributed by atoms with van der Waals surface area (Å²) in [5.41, 5.74) is 0.867. The lowest BCUT2D eigenvalue weighted by atomic mass is 9.77. The van der Waals surface area contributed by atoms with E-state index in [1.54, 1.807) is 0 Å². The smallest absolute Gasteiger partial charge is 0.0656 e. The largest absolute Gasteiger partial charge is 0.396 e. The molecule has 3 saturated carbocycles. The van der Waals surface area contributed by atoms with Gasteiger partial charge in [0.1, 0.15) is 0 Å². The van der Waals surface area contributed by atoms with Crippen molar-refractivity contribution in [1.82, 2.24) is 0 Å². The maximum Gasteiger partial charge on any atom is 0.0656 e. The van der Waals surface area contributed by atoms with Crippen molar-refractivity contribution >= 4 is 0 Å². The Labute approximate surface area is 104 Å². The Morgan fingerprint density at radius 1 is 1.29 bits per heavy atom. The van der Waals surface area contributed by atoms with E-state index in [-0.39, 0.29) is 12.0 Å². The van der Waals surface area contributed by atoms with Crippen molar-refractivity contribution in [3.8, 4) is 0 Å². The highest BCUT2D eigenvalue weighted by Crippen LogP contribution is 2.71. The predicted molar refractivity (Wildman–Crippen MR) is 67.4 cm³/mol. The summed E-state index contributed by atoms with van der Waals surface area (Å²) in [7, 11) is 0. The van der Waals surface area contributed by atoms with E-state index in [4.69, 9.17) is 0 Å². The minimum absolute atomic E-state index is 0.0674. The molecule has 0 amide bonds. The van der Waals surface area contributed by atoms with Crippen LogP contribution in [-0.4, -0.2) is 22.4 Å². The minimum atomic E-state index is -0.548. The molecule has 0 spiro atoms. The molecule has 0 unspecified atom stereocenters. The van der Waals surface area contributed by atoms with Crippen LogP contribution in [0.5, 0.6) is 0 Å². The minimum Gasteiger partial charge on any atom is -0.396 e. The average Bonchev–Trinajstić information content (AvgIpc) is 2.78. The third kappa shape index (κ3) is 1.40. The molecule has 2 N–H and O–H groups in total. The first kappa shape index (κ1) is 11.7. The number of rotatable bonds is 1. The van der Waals surface area contributed by atoms with E-state index in [9.17, 15) is 10.2 Å². The van der Waals surface area contributed by atoms with Crippen LogP contribution in [0, 0.1) is 29.1 Å². The van der Waals surface area contributed by atoms with Gasteiger partial charge in [-0.2, -0.15) is 0 Å². The van der Waals surface area contributed by atoms with Gasteiger partial charge in [-0.05, 0) is 61.7 Å². The van der Waals surface area contributed by atoms with Gasteiger partial charge in [-0.1, -0.05) is 19.1 Å². The topological polar surface area (TPSA) is 40.5 Å². The number of allylic oxidation sites excluding steroid dienone is 1. The molecule has 3 aliphatic rings. The van der Waals surface area contributed by atoms with E-state index in [0.717, 1.165) is 25.7 Å². The molecule has 0 heterocycles. The highest BCUT2D eigenvalue weighted by molar-refractivity contribution is 5.23. The summed E-state index contributed by atoms with van der Waals surface area (Å²) in [6.45, 7) is 8.70. The van der Waals surface area contributed by atoms with Gasteiger partial charge in [0.05, 0.1) is 5.60 Å². The van der Waals surface area contributed by atoms with Crippen molar-refractivity contribution in [3.05, 3.63) is 12.2 Å². The predicted octanol–water partition coefficient (Wildman–Crippen LogP) is 2.36. The van der Waals surface area contributed by atoms with Gasteiger partial charge in [-0.25, -0.2) is 0 Å². The summed E-state index contributed by atoms with van der Waals surface area (Å²) in [4.78, 5) is 0. The first-order chi connectivity index (χ1) is 7.92. The SMILES string of the molecule is C=C1CC[C@@H]2[C@H]([C@H]3[C@H]1CC[C@]3(C)O)[C@@]2(C)CO. The van der Waals surface area contributed by atoms with Gasteiger partial charge in [0.15, 0.2) is 0 Å². The molecule has 3 aliphatic carbocycles. The fourth-order valence-corrected chi connectivity index (χ4v) is 4.94. The second-order valence-corrected chi connectivity index (χ2v) is 7.02. The van der Waals surface area contributed by atoms with E-state index >= 15 is 0 Å². The third-order valence-electron chi connectivity index (χ3n) is 6.07. The van der Waals surface area contributed by atoms with Crippen LogP contribution in [0.25, 0.3) is 0 Å². The number of aliphatic hydroxyl groups is 2. The standard InChI is InChI=1S/C15H24O2/c1-9-4-5-11-13(14(11,2)8-16)12-10(9)6-7-15(12,3)17/h10-13,16-17H,1,4-8H2,2-3H3/t10-,11+,12+,13+,14-,15-/m0/s1. The number of hydrogen-bond donors (Lipinski definition) is 2. The lowest BCUT2D eigenvalue weighted by Crippen LogP contribution is -2.35. The zero-order chi connectivity index (χ0) is 12.4. The zero-order valence-corrected chi connectivity index (χ0v) is 10.9. The van der Waals surface area contributed by atoms with Gasteiger partial charge in [0, 0.05) is 6.61 Å².